The normalized spacial score (nSPS) is 13.2. The third kappa shape index (κ3) is 4.31. The molecule has 2 aliphatic rings. The van der Waals surface area contributed by atoms with Gasteiger partial charge in [-0.1, -0.05) is 200 Å². The summed E-state index contributed by atoms with van der Waals surface area (Å²) < 4.78 is 0. The molecule has 0 saturated heterocycles. The first-order valence-corrected chi connectivity index (χ1v) is 20.6. The molecule has 11 aromatic rings. The Hall–Kier alpha value is -7.61. The summed E-state index contributed by atoms with van der Waals surface area (Å²) in [6, 6.07) is 78.5. The minimum absolute atomic E-state index is 0.411. The summed E-state index contributed by atoms with van der Waals surface area (Å²) in [5.41, 5.74) is 18.3. The van der Waals surface area contributed by atoms with Crippen LogP contribution in [0.3, 0.4) is 0 Å². The van der Waals surface area contributed by atoms with Crippen LogP contribution in [-0.4, -0.2) is 4.98 Å². The monoisotopic (exact) mass is 745 g/mol. The van der Waals surface area contributed by atoms with Crippen molar-refractivity contribution in [3.05, 3.63) is 235 Å². The van der Waals surface area contributed by atoms with Crippen molar-refractivity contribution in [2.45, 2.75) is 5.41 Å². The van der Waals surface area contributed by atoms with Crippen LogP contribution in [0.15, 0.2) is 212 Å². The lowest BCUT2D eigenvalue weighted by Crippen LogP contribution is -2.25. The molecule has 1 heteroatoms. The van der Waals surface area contributed by atoms with Crippen molar-refractivity contribution in [3.8, 4) is 55.8 Å². The largest absolute Gasteiger partial charge is 0.247 e. The van der Waals surface area contributed by atoms with Crippen molar-refractivity contribution in [2.75, 3.05) is 0 Å². The lowest BCUT2D eigenvalue weighted by atomic mass is 9.70. The van der Waals surface area contributed by atoms with Crippen LogP contribution in [0, 0.1) is 0 Å². The summed E-state index contributed by atoms with van der Waals surface area (Å²) in [7, 11) is 0. The average Bonchev–Trinajstić information content (AvgIpc) is 3.78. The molecule has 0 radical (unpaired) electrons. The maximum Gasteiger partial charge on any atom is 0.0788 e. The molecule has 0 fully saturated rings. The van der Waals surface area contributed by atoms with Crippen LogP contribution in [0.4, 0.5) is 0 Å². The van der Waals surface area contributed by atoms with Crippen molar-refractivity contribution in [1.29, 1.82) is 0 Å². The molecule has 1 aromatic heterocycles. The molecule has 1 nitrogen and oxygen atoms in total. The van der Waals surface area contributed by atoms with Crippen molar-refractivity contribution in [2.24, 2.45) is 0 Å². The van der Waals surface area contributed by atoms with Gasteiger partial charge in [0.15, 0.2) is 0 Å². The summed E-state index contributed by atoms with van der Waals surface area (Å²) in [5, 5.41) is 8.61. The van der Waals surface area contributed by atoms with Gasteiger partial charge in [-0.05, 0) is 100 Å². The zero-order chi connectivity index (χ0) is 38.7. The molecule has 0 bridgehead atoms. The first-order chi connectivity index (χ1) is 29.3. The second-order valence-corrected chi connectivity index (χ2v) is 16.1. The Morgan fingerprint density at radius 3 is 1.41 bits per heavy atom. The van der Waals surface area contributed by atoms with Gasteiger partial charge >= 0.3 is 0 Å². The van der Waals surface area contributed by atoms with Crippen molar-refractivity contribution in [3.63, 3.8) is 0 Å². The fourth-order valence-corrected chi connectivity index (χ4v) is 11.0. The van der Waals surface area contributed by atoms with Crippen LogP contribution in [0.5, 0.6) is 0 Å². The van der Waals surface area contributed by atoms with Crippen LogP contribution in [0.1, 0.15) is 22.3 Å². The Morgan fingerprint density at radius 1 is 0.288 bits per heavy atom. The highest BCUT2D eigenvalue weighted by molar-refractivity contribution is 6.23. The van der Waals surface area contributed by atoms with Gasteiger partial charge in [-0.25, -0.2) is 4.98 Å². The number of aromatic nitrogens is 1. The van der Waals surface area contributed by atoms with Crippen molar-refractivity contribution in [1.82, 2.24) is 4.98 Å². The first kappa shape index (κ1) is 32.5. The van der Waals surface area contributed by atoms with Gasteiger partial charge in [-0.2, -0.15) is 0 Å². The van der Waals surface area contributed by atoms with Crippen LogP contribution in [0.2, 0.25) is 0 Å². The fourth-order valence-electron chi connectivity index (χ4n) is 11.0. The molecule has 272 valence electrons. The predicted molar refractivity (Wildman–Crippen MR) is 247 cm³/mol. The van der Waals surface area contributed by atoms with E-state index in [1.165, 1.54) is 104 Å². The van der Waals surface area contributed by atoms with Crippen LogP contribution < -0.4 is 0 Å². The van der Waals surface area contributed by atoms with E-state index in [-0.39, 0.29) is 0 Å². The van der Waals surface area contributed by atoms with Crippen LogP contribution in [-0.2, 0) is 5.41 Å². The maximum atomic E-state index is 5.53. The summed E-state index contributed by atoms with van der Waals surface area (Å²) in [5.74, 6) is 0. The zero-order valence-corrected chi connectivity index (χ0v) is 32.2. The summed E-state index contributed by atoms with van der Waals surface area (Å²) in [6.07, 6.45) is 0. The predicted octanol–water partition coefficient (Wildman–Crippen LogP) is 15.0. The fraction of sp³-hybridized carbons (Fsp3) is 0.0172. The number of pyridine rings is 1. The number of benzene rings is 10. The molecule has 10 aromatic carbocycles. The molecule has 0 atom stereocenters. The quantitative estimate of drug-likeness (QED) is 0.130. The van der Waals surface area contributed by atoms with E-state index in [2.05, 4.69) is 212 Å². The molecule has 0 N–H and O–H groups in total. The minimum Gasteiger partial charge on any atom is -0.247 e. The highest BCUT2D eigenvalue weighted by Gasteiger charge is 2.52. The molecule has 0 amide bonds. The Morgan fingerprint density at radius 2 is 0.763 bits per heavy atom. The van der Waals surface area contributed by atoms with E-state index in [1.807, 2.05) is 0 Å². The van der Waals surface area contributed by atoms with E-state index in [0.717, 1.165) is 16.8 Å². The summed E-state index contributed by atoms with van der Waals surface area (Å²) >= 11 is 0. The molecule has 1 spiro atoms. The maximum absolute atomic E-state index is 5.53. The Kier molecular flexibility index (Phi) is 6.71. The number of fused-ring (bicyclic) bond motifs is 16. The number of nitrogens with zero attached hydrogens (tertiary/aromatic N) is 1. The Balaban J connectivity index is 1.10. The van der Waals surface area contributed by atoms with Gasteiger partial charge in [-0.15, -0.1) is 0 Å². The lowest BCUT2D eigenvalue weighted by molar-refractivity contribution is 0.794. The molecule has 2 aliphatic carbocycles. The molecule has 0 unspecified atom stereocenters. The van der Waals surface area contributed by atoms with E-state index < -0.39 is 5.41 Å². The lowest BCUT2D eigenvalue weighted by Gasteiger charge is -2.30. The standard InChI is InChI=1S/C58H35N/c1-2-17-36(18-3-1)53-41-23-4-6-25-43(41)54(44-26-7-5-24-42(44)53)37-19-16-20-38(35-37)57-47-33-34-51-56(55(47)46-28-11-15-32-52(46)59-57)45-27-10-14-31-50(45)58(51)48-29-12-8-21-39(48)40-22-9-13-30-49(40)58/h1-35H. The highest BCUT2D eigenvalue weighted by atomic mass is 14.7. The van der Waals surface area contributed by atoms with Gasteiger partial charge in [0.1, 0.15) is 0 Å². The van der Waals surface area contributed by atoms with E-state index in [9.17, 15) is 0 Å². The minimum atomic E-state index is -0.411. The van der Waals surface area contributed by atoms with Gasteiger partial charge in [0.05, 0.1) is 16.6 Å². The highest BCUT2D eigenvalue weighted by Crippen LogP contribution is 2.64. The van der Waals surface area contributed by atoms with Gasteiger partial charge in [-0.3, -0.25) is 0 Å². The number of rotatable bonds is 3. The van der Waals surface area contributed by atoms with E-state index in [4.69, 9.17) is 4.98 Å². The Bertz CT molecular complexity index is 3460. The van der Waals surface area contributed by atoms with E-state index >= 15 is 0 Å². The molecular formula is C58H35N. The molecule has 1 heterocycles. The number of para-hydroxylation sites is 1. The van der Waals surface area contributed by atoms with Gasteiger partial charge < -0.3 is 0 Å². The summed E-state index contributed by atoms with van der Waals surface area (Å²) in [6.45, 7) is 0. The topological polar surface area (TPSA) is 12.9 Å². The number of hydrogen-bond acceptors (Lipinski definition) is 1. The van der Waals surface area contributed by atoms with Crippen LogP contribution >= 0.6 is 0 Å². The zero-order valence-electron chi connectivity index (χ0n) is 32.2. The number of hydrogen-bond donors (Lipinski definition) is 0. The van der Waals surface area contributed by atoms with E-state index in [0.29, 0.717) is 0 Å². The van der Waals surface area contributed by atoms with Crippen LogP contribution in [0.25, 0.3) is 99.0 Å². The first-order valence-electron chi connectivity index (χ1n) is 20.6. The van der Waals surface area contributed by atoms with Gasteiger partial charge in [0, 0.05) is 21.7 Å². The molecule has 0 aliphatic heterocycles. The van der Waals surface area contributed by atoms with Gasteiger partial charge in [0.2, 0.25) is 0 Å². The molecule has 0 saturated carbocycles. The molecule has 13 rings (SSSR count). The third-order valence-electron chi connectivity index (χ3n) is 13.2. The second kappa shape index (κ2) is 12.2. The molecule has 59 heavy (non-hydrogen) atoms. The van der Waals surface area contributed by atoms with Gasteiger partial charge in [0.25, 0.3) is 0 Å². The third-order valence-corrected chi connectivity index (χ3v) is 13.2. The van der Waals surface area contributed by atoms with Crippen molar-refractivity contribution >= 4 is 43.2 Å². The Labute approximate surface area is 342 Å². The smallest absolute Gasteiger partial charge is 0.0788 e. The SMILES string of the molecule is c1ccc(-c2c3ccccc3c(-c3cccc(-c4nc5ccccc5c5c6c(ccc45)C4(c5ccccc5-c5ccccc54)c4ccccc4-6)c3)c3ccccc23)cc1. The van der Waals surface area contributed by atoms with Crippen molar-refractivity contribution < 1.29 is 0 Å². The summed E-state index contributed by atoms with van der Waals surface area (Å²) in [4.78, 5) is 5.53. The molecular weight excluding hydrogens is 711 g/mol. The average molecular weight is 746 g/mol. The van der Waals surface area contributed by atoms with E-state index in [1.54, 1.807) is 0 Å². The second-order valence-electron chi connectivity index (χ2n) is 16.1.